The molecule has 0 aliphatic heterocycles. The van der Waals surface area contributed by atoms with E-state index in [4.69, 9.17) is 0 Å². The van der Waals surface area contributed by atoms with Gasteiger partial charge in [-0.25, -0.2) is 13.1 Å². The molecule has 0 heterocycles. The quantitative estimate of drug-likeness (QED) is 0.431. The summed E-state index contributed by atoms with van der Waals surface area (Å²) < 4.78 is 28.0. The van der Waals surface area contributed by atoms with Crippen molar-refractivity contribution in [3.8, 4) is 33.4 Å². The second-order valence-electron chi connectivity index (χ2n) is 8.46. The number of hydrogen-bond donors (Lipinski definition) is 1. The first-order chi connectivity index (χ1) is 14.2. The van der Waals surface area contributed by atoms with Crippen LogP contribution in [0.15, 0.2) is 95.9 Å². The second-order valence-corrected chi connectivity index (χ2v) is 10.1. The van der Waals surface area contributed by atoms with Gasteiger partial charge in [-0.3, -0.25) is 0 Å². The third-order valence-corrected chi connectivity index (χ3v) is 6.66. The molecule has 2 aromatic carbocycles. The Morgan fingerprint density at radius 3 is 1.80 bits per heavy atom. The fourth-order valence-electron chi connectivity index (χ4n) is 3.71. The minimum Gasteiger partial charge on any atom is -0.207 e. The SMILES string of the molecule is CC(C)(C)NS(=O)(=O)c1ccc(-c2cc3cccccc-3c2-c2ccccc2)cc1. The zero-order valence-corrected chi connectivity index (χ0v) is 18.2. The van der Waals surface area contributed by atoms with Crippen molar-refractivity contribution in [2.45, 2.75) is 31.2 Å². The van der Waals surface area contributed by atoms with Crippen LogP contribution in [0.25, 0.3) is 33.4 Å². The summed E-state index contributed by atoms with van der Waals surface area (Å²) in [4.78, 5) is 0.268. The van der Waals surface area contributed by atoms with E-state index in [0.717, 1.165) is 27.8 Å². The molecular formula is C26H25NO2S. The number of nitrogens with one attached hydrogen (secondary N) is 1. The summed E-state index contributed by atoms with van der Waals surface area (Å²) in [7, 11) is -3.56. The van der Waals surface area contributed by atoms with Gasteiger partial charge in [0, 0.05) is 5.54 Å². The number of fused-ring (bicyclic) bond motifs is 1. The third kappa shape index (κ3) is 4.16. The first-order valence-corrected chi connectivity index (χ1v) is 11.4. The van der Waals surface area contributed by atoms with Crippen molar-refractivity contribution in [2.75, 3.05) is 0 Å². The molecule has 0 radical (unpaired) electrons. The summed E-state index contributed by atoms with van der Waals surface area (Å²) in [6.45, 7) is 5.50. The Labute approximate surface area is 178 Å². The van der Waals surface area contributed by atoms with E-state index in [0.29, 0.717) is 0 Å². The van der Waals surface area contributed by atoms with Crippen LogP contribution in [-0.2, 0) is 10.0 Å². The Morgan fingerprint density at radius 1 is 0.633 bits per heavy atom. The Bertz CT molecular complexity index is 1240. The van der Waals surface area contributed by atoms with Crippen molar-refractivity contribution < 1.29 is 8.42 Å². The van der Waals surface area contributed by atoms with Crippen molar-refractivity contribution in [1.82, 2.24) is 4.72 Å². The highest BCUT2D eigenvalue weighted by Crippen LogP contribution is 2.44. The van der Waals surface area contributed by atoms with Crippen LogP contribution in [0.1, 0.15) is 20.8 Å². The highest BCUT2D eigenvalue weighted by Gasteiger charge is 2.23. The maximum atomic E-state index is 12.6. The Balaban J connectivity index is 1.84. The zero-order chi connectivity index (χ0) is 21.4. The molecule has 3 nitrogen and oxygen atoms in total. The summed E-state index contributed by atoms with van der Waals surface area (Å²) in [6, 6.07) is 30.0. The fraction of sp³-hybridized carbons (Fsp3) is 0.154. The second kappa shape index (κ2) is 7.71. The van der Waals surface area contributed by atoms with Crippen LogP contribution < -0.4 is 4.72 Å². The minimum atomic E-state index is -3.56. The van der Waals surface area contributed by atoms with E-state index in [2.05, 4.69) is 35.1 Å². The van der Waals surface area contributed by atoms with Gasteiger partial charge in [-0.1, -0.05) is 72.8 Å². The molecule has 4 rings (SSSR count). The summed E-state index contributed by atoms with van der Waals surface area (Å²) in [5, 5.41) is 0. The van der Waals surface area contributed by atoms with Crippen LogP contribution in [0.2, 0.25) is 0 Å². The maximum absolute atomic E-state index is 12.6. The van der Waals surface area contributed by atoms with Gasteiger partial charge >= 0.3 is 0 Å². The van der Waals surface area contributed by atoms with Gasteiger partial charge in [-0.15, -0.1) is 0 Å². The molecule has 2 aromatic rings. The van der Waals surface area contributed by atoms with Gasteiger partial charge in [0.1, 0.15) is 0 Å². The molecule has 0 fully saturated rings. The van der Waals surface area contributed by atoms with Crippen LogP contribution in [0, 0.1) is 0 Å². The number of benzene rings is 2. The average Bonchev–Trinajstić information content (AvgIpc) is 2.90. The summed E-state index contributed by atoms with van der Waals surface area (Å²) >= 11 is 0. The van der Waals surface area contributed by atoms with Crippen molar-refractivity contribution >= 4 is 10.0 Å². The van der Waals surface area contributed by atoms with Gasteiger partial charge < -0.3 is 0 Å². The molecular weight excluding hydrogens is 390 g/mol. The van der Waals surface area contributed by atoms with Crippen LogP contribution in [0.5, 0.6) is 0 Å². The van der Waals surface area contributed by atoms with Crippen LogP contribution in [0.3, 0.4) is 0 Å². The lowest BCUT2D eigenvalue weighted by Gasteiger charge is -2.20. The van der Waals surface area contributed by atoms with E-state index in [1.165, 1.54) is 5.56 Å². The standard InChI is InChI=1S/C26H25NO2S/c1-26(2,3)27-30(28,29)22-16-14-19(15-17-22)24-18-21-12-8-5-9-13-23(21)25(24)20-10-6-4-7-11-20/h4-18,27H,1-3H3. The van der Waals surface area contributed by atoms with Gasteiger partial charge in [0.25, 0.3) is 0 Å². The van der Waals surface area contributed by atoms with Crippen LogP contribution >= 0.6 is 0 Å². The van der Waals surface area contributed by atoms with Crippen molar-refractivity contribution in [3.63, 3.8) is 0 Å². The van der Waals surface area contributed by atoms with E-state index in [1.807, 2.05) is 69.3 Å². The molecule has 4 heteroatoms. The first kappa shape index (κ1) is 20.3. The lowest BCUT2D eigenvalue weighted by molar-refractivity contribution is 0.491. The van der Waals surface area contributed by atoms with Crippen LogP contribution in [-0.4, -0.2) is 14.0 Å². The van der Waals surface area contributed by atoms with Gasteiger partial charge in [0.2, 0.25) is 10.0 Å². The fourth-order valence-corrected chi connectivity index (χ4v) is 5.13. The summed E-state index contributed by atoms with van der Waals surface area (Å²) in [6.07, 6.45) is 0. The molecule has 0 aromatic heterocycles. The lowest BCUT2D eigenvalue weighted by atomic mass is 9.96. The molecule has 0 atom stereocenters. The van der Waals surface area contributed by atoms with E-state index >= 15 is 0 Å². The van der Waals surface area contributed by atoms with Crippen molar-refractivity contribution in [3.05, 3.63) is 91.0 Å². The number of sulfonamides is 1. The van der Waals surface area contributed by atoms with E-state index in [-0.39, 0.29) is 4.90 Å². The van der Waals surface area contributed by atoms with Crippen molar-refractivity contribution in [1.29, 1.82) is 0 Å². The summed E-state index contributed by atoms with van der Waals surface area (Å²) in [5.41, 5.74) is 6.17. The van der Waals surface area contributed by atoms with Crippen molar-refractivity contribution in [2.24, 2.45) is 0 Å². The van der Waals surface area contributed by atoms with Gasteiger partial charge in [0.15, 0.2) is 0 Å². The lowest BCUT2D eigenvalue weighted by Crippen LogP contribution is -2.40. The predicted molar refractivity (Wildman–Crippen MR) is 124 cm³/mol. The molecule has 2 aliphatic rings. The van der Waals surface area contributed by atoms with E-state index in [9.17, 15) is 8.42 Å². The zero-order valence-electron chi connectivity index (χ0n) is 17.4. The third-order valence-electron chi connectivity index (χ3n) is 4.89. The first-order valence-electron chi connectivity index (χ1n) is 9.96. The summed E-state index contributed by atoms with van der Waals surface area (Å²) in [5.74, 6) is 0. The molecule has 0 saturated heterocycles. The minimum absolute atomic E-state index is 0.268. The predicted octanol–water partition coefficient (Wildman–Crippen LogP) is 6.20. The van der Waals surface area contributed by atoms with Gasteiger partial charge in [-0.2, -0.15) is 0 Å². The Kier molecular flexibility index (Phi) is 5.22. The normalized spacial score (nSPS) is 12.2. The van der Waals surface area contributed by atoms with Gasteiger partial charge in [0.05, 0.1) is 4.90 Å². The Morgan fingerprint density at radius 2 is 1.20 bits per heavy atom. The average molecular weight is 416 g/mol. The molecule has 0 bridgehead atoms. The molecule has 30 heavy (non-hydrogen) atoms. The number of rotatable bonds is 4. The molecule has 2 aliphatic carbocycles. The van der Waals surface area contributed by atoms with Crippen LogP contribution in [0.4, 0.5) is 0 Å². The monoisotopic (exact) mass is 415 g/mol. The molecule has 0 amide bonds. The maximum Gasteiger partial charge on any atom is 0.241 e. The smallest absolute Gasteiger partial charge is 0.207 e. The molecule has 0 spiro atoms. The van der Waals surface area contributed by atoms with Gasteiger partial charge in [-0.05, 0) is 72.4 Å². The molecule has 152 valence electrons. The highest BCUT2D eigenvalue weighted by atomic mass is 32.2. The molecule has 0 unspecified atom stereocenters. The number of hydrogen-bond acceptors (Lipinski definition) is 2. The van der Waals surface area contributed by atoms with E-state index in [1.54, 1.807) is 12.1 Å². The molecule has 0 saturated carbocycles. The Hall–Kier alpha value is -2.95. The largest absolute Gasteiger partial charge is 0.241 e. The highest BCUT2D eigenvalue weighted by molar-refractivity contribution is 7.89. The van der Waals surface area contributed by atoms with E-state index < -0.39 is 15.6 Å². The molecule has 1 N–H and O–H groups in total. The topological polar surface area (TPSA) is 46.2 Å².